The molecule has 0 aromatic heterocycles. The largest absolute Gasteiger partial charge is 0.465 e. The molecule has 37 heavy (non-hydrogen) atoms. The summed E-state index contributed by atoms with van der Waals surface area (Å²) in [7, 11) is 0. The number of esters is 1. The molecule has 8 nitrogen and oxygen atoms in total. The molecule has 5 atom stereocenters. The molecule has 2 saturated heterocycles. The van der Waals surface area contributed by atoms with Crippen LogP contribution in [0.1, 0.15) is 19.8 Å². The predicted molar refractivity (Wildman–Crippen MR) is 137 cm³/mol. The number of nitrogens with zero attached hydrogens (tertiary/aromatic N) is 2. The molecule has 192 valence electrons. The molecule has 2 aromatic rings. The summed E-state index contributed by atoms with van der Waals surface area (Å²) in [4.78, 5) is 44.6. The molecule has 4 aliphatic heterocycles. The average molecular weight is 503 g/mol. The summed E-state index contributed by atoms with van der Waals surface area (Å²) in [6.07, 6.45) is 8.85. The Balaban J connectivity index is 1.47. The first-order valence-electron chi connectivity index (χ1n) is 12.8. The van der Waals surface area contributed by atoms with E-state index >= 15 is 0 Å². The molecule has 2 aromatic carbocycles. The van der Waals surface area contributed by atoms with E-state index < -0.39 is 35.0 Å². The molecule has 1 spiro atoms. The molecule has 6 rings (SSSR count). The maximum Gasteiger partial charge on any atom is 0.313 e. The fourth-order valence-corrected chi connectivity index (χ4v) is 6.56. The van der Waals surface area contributed by atoms with Gasteiger partial charge in [-0.25, -0.2) is 0 Å². The van der Waals surface area contributed by atoms with Crippen LogP contribution in [0.5, 0.6) is 0 Å². The number of carbonyl (C=O) groups excluding carboxylic acids is 3. The number of benzene rings is 2. The van der Waals surface area contributed by atoms with Crippen LogP contribution in [-0.4, -0.2) is 71.3 Å². The topological polar surface area (TPSA) is 96.4 Å². The number of hydrogen-bond acceptors (Lipinski definition) is 6. The third-order valence-electron chi connectivity index (χ3n) is 8.14. The molecule has 8 heteroatoms. The lowest BCUT2D eigenvalue weighted by Crippen LogP contribution is -2.56. The molecule has 0 aliphatic carbocycles. The van der Waals surface area contributed by atoms with Crippen molar-refractivity contribution in [1.82, 2.24) is 4.90 Å². The lowest BCUT2D eigenvalue weighted by atomic mass is 9.74. The van der Waals surface area contributed by atoms with Crippen molar-refractivity contribution in [3.8, 4) is 0 Å². The lowest BCUT2D eigenvalue weighted by molar-refractivity contribution is -0.158. The number of anilines is 1. The van der Waals surface area contributed by atoms with Crippen molar-refractivity contribution in [2.24, 2.45) is 11.8 Å². The molecule has 4 aliphatic rings. The van der Waals surface area contributed by atoms with Crippen molar-refractivity contribution in [1.29, 1.82) is 0 Å². The van der Waals surface area contributed by atoms with Crippen LogP contribution in [-0.2, 0) is 23.9 Å². The fraction of sp³-hybridized carbons (Fsp3) is 0.414. The van der Waals surface area contributed by atoms with E-state index in [2.05, 4.69) is 0 Å². The zero-order chi connectivity index (χ0) is 25.8. The first-order valence-corrected chi connectivity index (χ1v) is 12.8. The van der Waals surface area contributed by atoms with Crippen molar-refractivity contribution in [3.63, 3.8) is 0 Å². The number of likely N-dealkylation sites (tertiary alicyclic amines) is 1. The fourth-order valence-electron chi connectivity index (χ4n) is 6.56. The van der Waals surface area contributed by atoms with Gasteiger partial charge in [0.05, 0.1) is 24.7 Å². The number of hydrogen-bond donors (Lipinski definition) is 1. The molecule has 0 radical (unpaired) electrons. The summed E-state index contributed by atoms with van der Waals surface area (Å²) >= 11 is 0. The van der Waals surface area contributed by atoms with Gasteiger partial charge < -0.3 is 24.4 Å². The van der Waals surface area contributed by atoms with Crippen molar-refractivity contribution in [2.45, 2.75) is 37.0 Å². The zero-order valence-electron chi connectivity index (χ0n) is 20.7. The average Bonchev–Trinajstić information content (AvgIpc) is 3.23. The number of rotatable bonds is 3. The quantitative estimate of drug-likeness (QED) is 0.512. The highest BCUT2D eigenvalue weighted by Crippen LogP contribution is 2.57. The van der Waals surface area contributed by atoms with Gasteiger partial charge in [-0.3, -0.25) is 14.4 Å². The highest BCUT2D eigenvalue weighted by Gasteiger charge is 2.74. The van der Waals surface area contributed by atoms with E-state index in [0.29, 0.717) is 12.1 Å². The Bertz CT molecular complexity index is 1340. The summed E-state index contributed by atoms with van der Waals surface area (Å²) in [6, 6.07) is 12.7. The maximum absolute atomic E-state index is 14.3. The molecular weight excluding hydrogens is 472 g/mol. The molecule has 1 unspecified atom stereocenters. The Morgan fingerprint density at radius 3 is 2.62 bits per heavy atom. The molecular formula is C29H30N2O6. The minimum Gasteiger partial charge on any atom is -0.465 e. The second kappa shape index (κ2) is 8.82. The summed E-state index contributed by atoms with van der Waals surface area (Å²) in [6.45, 7) is 1.99. The zero-order valence-corrected chi connectivity index (χ0v) is 20.7. The number of aliphatic hydroxyl groups excluding tert-OH is 1. The van der Waals surface area contributed by atoms with Gasteiger partial charge in [0.25, 0.3) is 5.91 Å². The number of aliphatic hydroxyl groups is 1. The highest BCUT2D eigenvalue weighted by atomic mass is 16.6. The van der Waals surface area contributed by atoms with E-state index in [0.717, 1.165) is 17.2 Å². The SMILES string of the molecule is C[C@@]12/C=C\CCCOC(=O)[C@@H]1[C@H]1C(=O)N(CCO)C3C(=O)N(c4ccc5ccccc5c4)CC=C[C@@]31O2. The predicted octanol–water partition coefficient (Wildman–Crippen LogP) is 2.60. The van der Waals surface area contributed by atoms with Gasteiger partial charge in [-0.05, 0) is 42.7 Å². The Labute approximate surface area is 215 Å². The normalized spacial score (nSPS) is 34.2. The van der Waals surface area contributed by atoms with Crippen LogP contribution in [0.4, 0.5) is 5.69 Å². The molecule has 1 N–H and O–H groups in total. The van der Waals surface area contributed by atoms with Crippen molar-refractivity contribution in [3.05, 3.63) is 66.8 Å². The van der Waals surface area contributed by atoms with Crippen LogP contribution in [0.2, 0.25) is 0 Å². The first-order chi connectivity index (χ1) is 17.9. The third kappa shape index (κ3) is 3.54. The summed E-state index contributed by atoms with van der Waals surface area (Å²) in [5.41, 5.74) is -1.78. The van der Waals surface area contributed by atoms with Crippen molar-refractivity contribution < 1.29 is 29.0 Å². The van der Waals surface area contributed by atoms with Crippen LogP contribution in [0.3, 0.4) is 0 Å². The minimum absolute atomic E-state index is 0.0371. The second-order valence-corrected chi connectivity index (χ2v) is 10.3. The monoisotopic (exact) mass is 502 g/mol. The van der Waals surface area contributed by atoms with E-state index in [-0.39, 0.29) is 38.1 Å². The second-order valence-electron chi connectivity index (χ2n) is 10.3. The third-order valence-corrected chi connectivity index (χ3v) is 8.14. The molecule has 0 bridgehead atoms. The van der Waals surface area contributed by atoms with Crippen molar-refractivity contribution in [2.75, 3.05) is 31.2 Å². The van der Waals surface area contributed by atoms with Gasteiger partial charge in [-0.15, -0.1) is 0 Å². The standard InChI is InChI=1S/C29H30N2O6/c1-28-12-5-2-6-17-36-27(35)23(28)22-25(33)31(15-16-32)24-26(34)30(14-7-13-29(22,24)37-28)21-11-10-19-8-3-4-9-20(19)18-21/h3-5,7-13,18,22-24,32H,2,6,14-17H2,1H3/b12-5-/t22-,23-,24?,28+,29-/m0/s1. The molecule has 2 fully saturated rings. The van der Waals surface area contributed by atoms with Crippen LogP contribution in [0.25, 0.3) is 10.8 Å². The van der Waals surface area contributed by atoms with Gasteiger partial charge in [0, 0.05) is 18.8 Å². The van der Waals surface area contributed by atoms with Crippen LogP contribution < -0.4 is 4.90 Å². The minimum atomic E-state index is -1.36. The van der Waals surface area contributed by atoms with Gasteiger partial charge in [-0.2, -0.15) is 0 Å². The Morgan fingerprint density at radius 1 is 1.00 bits per heavy atom. The smallest absolute Gasteiger partial charge is 0.313 e. The van der Waals surface area contributed by atoms with Gasteiger partial charge in [-0.1, -0.05) is 54.6 Å². The van der Waals surface area contributed by atoms with Gasteiger partial charge in [0.1, 0.15) is 17.6 Å². The van der Waals surface area contributed by atoms with Crippen LogP contribution >= 0.6 is 0 Å². The number of cyclic esters (lactones) is 1. The Hall–Kier alpha value is -3.49. The molecule has 2 amide bonds. The summed E-state index contributed by atoms with van der Waals surface area (Å²) in [5, 5.41) is 11.9. The maximum atomic E-state index is 14.3. The summed E-state index contributed by atoms with van der Waals surface area (Å²) in [5.74, 6) is -3.04. The number of fused-ring (bicyclic) bond motifs is 3. The number of amides is 2. The highest BCUT2D eigenvalue weighted by molar-refractivity contribution is 6.06. The van der Waals surface area contributed by atoms with Crippen LogP contribution in [0, 0.1) is 11.8 Å². The number of allylic oxidation sites excluding steroid dienone is 1. The Morgan fingerprint density at radius 2 is 1.81 bits per heavy atom. The van der Waals surface area contributed by atoms with Crippen LogP contribution in [0.15, 0.2) is 66.8 Å². The van der Waals surface area contributed by atoms with E-state index in [9.17, 15) is 19.5 Å². The first kappa shape index (κ1) is 23.9. The number of ether oxygens (including phenoxy) is 2. The van der Waals surface area contributed by atoms with E-state index in [1.807, 2.05) is 60.7 Å². The van der Waals surface area contributed by atoms with Crippen molar-refractivity contribution >= 4 is 34.2 Å². The molecule has 0 saturated carbocycles. The number of β-amino-alcohol motifs (C(OH)–C–C–N with tert-alkyl or cyclic N) is 1. The van der Waals surface area contributed by atoms with E-state index in [4.69, 9.17) is 9.47 Å². The Kier molecular flexibility index (Phi) is 5.69. The lowest BCUT2D eigenvalue weighted by Gasteiger charge is -2.37. The number of carbonyl (C=O) groups is 3. The van der Waals surface area contributed by atoms with Gasteiger partial charge in [0.15, 0.2) is 0 Å². The molecule has 4 heterocycles. The van der Waals surface area contributed by atoms with E-state index in [1.54, 1.807) is 17.9 Å². The van der Waals surface area contributed by atoms with Gasteiger partial charge >= 0.3 is 5.97 Å². The summed E-state index contributed by atoms with van der Waals surface area (Å²) < 4.78 is 12.3. The van der Waals surface area contributed by atoms with Gasteiger partial charge in [0.2, 0.25) is 5.91 Å². The van der Waals surface area contributed by atoms with E-state index in [1.165, 1.54) is 4.90 Å².